The molecule has 0 unspecified atom stereocenters. The fourth-order valence-electron chi connectivity index (χ4n) is 2.01. The molecule has 0 aromatic heterocycles. The highest BCUT2D eigenvalue weighted by molar-refractivity contribution is 8.03. The number of anilines is 1. The molecule has 1 aliphatic rings. The van der Waals surface area contributed by atoms with Gasteiger partial charge in [-0.15, -0.1) is 0 Å². The molecule has 1 aliphatic heterocycles. The van der Waals surface area contributed by atoms with Crippen LogP contribution in [0, 0.1) is 5.41 Å². The second-order valence-corrected chi connectivity index (χ2v) is 7.27. The fourth-order valence-corrected chi connectivity index (χ4v) is 3.21. The van der Waals surface area contributed by atoms with Gasteiger partial charge in [0.2, 0.25) is 0 Å². The van der Waals surface area contributed by atoms with Gasteiger partial charge in [0.1, 0.15) is 5.75 Å². The summed E-state index contributed by atoms with van der Waals surface area (Å²) in [6.45, 7) is 9.79. The number of carbonyl (C=O) groups excluding carboxylic acids is 2. The Morgan fingerprint density at radius 1 is 1.32 bits per heavy atom. The summed E-state index contributed by atoms with van der Waals surface area (Å²) in [5.74, 6) is 0.288. The first-order valence-corrected chi connectivity index (χ1v) is 8.08. The van der Waals surface area contributed by atoms with E-state index in [1.165, 1.54) is 0 Å². The van der Waals surface area contributed by atoms with Crippen LogP contribution in [-0.4, -0.2) is 18.3 Å². The number of rotatable bonds is 3. The maximum Gasteiger partial charge on any atom is 0.316 e. The SMILES string of the molecule is CCN1/C(=C/C(C)=O)Sc2ccc(OC(=O)C(C)(C)C)cc21. The third-order valence-corrected chi connectivity index (χ3v) is 4.28. The smallest absolute Gasteiger partial charge is 0.316 e. The van der Waals surface area contributed by atoms with Gasteiger partial charge in [-0.1, -0.05) is 11.8 Å². The number of nitrogens with zero attached hydrogens (tertiary/aromatic N) is 1. The molecule has 0 fully saturated rings. The first-order valence-electron chi connectivity index (χ1n) is 7.26. The lowest BCUT2D eigenvalue weighted by molar-refractivity contribution is -0.143. The van der Waals surface area contributed by atoms with Crippen LogP contribution in [0.1, 0.15) is 34.6 Å². The zero-order valence-electron chi connectivity index (χ0n) is 13.6. The molecule has 1 heterocycles. The maximum absolute atomic E-state index is 12.0. The molecule has 1 aromatic rings. The summed E-state index contributed by atoms with van der Waals surface area (Å²) in [5.41, 5.74) is 0.428. The van der Waals surface area contributed by atoms with Crippen molar-refractivity contribution in [2.45, 2.75) is 39.5 Å². The maximum atomic E-state index is 12.0. The number of allylic oxidation sites excluding steroid dienone is 1. The van der Waals surface area contributed by atoms with Gasteiger partial charge in [-0.05, 0) is 46.8 Å². The molecule has 0 radical (unpaired) electrons. The highest BCUT2D eigenvalue weighted by Gasteiger charge is 2.27. The van der Waals surface area contributed by atoms with Gasteiger partial charge in [0, 0.05) is 23.6 Å². The number of hydrogen-bond donors (Lipinski definition) is 0. The number of ketones is 1. The van der Waals surface area contributed by atoms with Crippen molar-refractivity contribution in [3.05, 3.63) is 29.3 Å². The van der Waals surface area contributed by atoms with Crippen LogP contribution >= 0.6 is 11.8 Å². The van der Waals surface area contributed by atoms with Gasteiger partial charge >= 0.3 is 5.97 Å². The Hall–Kier alpha value is -1.75. The number of benzene rings is 1. The normalized spacial score (nSPS) is 15.9. The van der Waals surface area contributed by atoms with Gasteiger partial charge in [-0.2, -0.15) is 0 Å². The van der Waals surface area contributed by atoms with E-state index in [1.807, 2.05) is 39.8 Å². The molecule has 0 saturated carbocycles. The largest absolute Gasteiger partial charge is 0.426 e. The Balaban J connectivity index is 2.30. The molecule has 1 aromatic carbocycles. The van der Waals surface area contributed by atoms with E-state index in [9.17, 15) is 9.59 Å². The van der Waals surface area contributed by atoms with E-state index in [0.717, 1.165) is 22.2 Å². The van der Waals surface area contributed by atoms with Crippen LogP contribution in [0.4, 0.5) is 5.69 Å². The predicted octanol–water partition coefficient (Wildman–Crippen LogP) is 4.00. The van der Waals surface area contributed by atoms with Crippen LogP contribution in [0.2, 0.25) is 0 Å². The van der Waals surface area contributed by atoms with Crippen molar-refractivity contribution in [1.82, 2.24) is 0 Å². The van der Waals surface area contributed by atoms with Crippen molar-refractivity contribution in [3.8, 4) is 5.75 Å². The van der Waals surface area contributed by atoms with Gasteiger partial charge in [-0.3, -0.25) is 9.59 Å². The highest BCUT2D eigenvalue weighted by atomic mass is 32.2. The van der Waals surface area contributed by atoms with Crippen LogP contribution in [-0.2, 0) is 9.59 Å². The molecule has 0 bridgehead atoms. The van der Waals surface area contributed by atoms with Crippen LogP contribution in [0.15, 0.2) is 34.2 Å². The molecule has 0 amide bonds. The molecule has 0 aliphatic carbocycles. The molecular formula is C17H21NO3S. The summed E-state index contributed by atoms with van der Waals surface area (Å²) in [6, 6.07) is 5.57. The molecule has 0 atom stereocenters. The average Bonchev–Trinajstić information content (AvgIpc) is 2.73. The summed E-state index contributed by atoms with van der Waals surface area (Å²) in [4.78, 5) is 26.5. The van der Waals surface area contributed by atoms with Crippen molar-refractivity contribution in [2.24, 2.45) is 5.41 Å². The van der Waals surface area contributed by atoms with Crippen molar-refractivity contribution in [2.75, 3.05) is 11.4 Å². The van der Waals surface area contributed by atoms with Gasteiger partial charge in [0.15, 0.2) is 5.78 Å². The number of ether oxygens (including phenoxy) is 1. The lowest BCUT2D eigenvalue weighted by Crippen LogP contribution is -2.25. The first kappa shape index (κ1) is 16.6. The summed E-state index contributed by atoms with van der Waals surface area (Å²) < 4.78 is 5.45. The van der Waals surface area contributed by atoms with Crippen LogP contribution < -0.4 is 9.64 Å². The predicted molar refractivity (Wildman–Crippen MR) is 89.2 cm³/mol. The quantitative estimate of drug-likeness (QED) is 0.479. The standard InChI is InChI=1S/C17H21NO3S/c1-6-18-13-10-12(21-16(20)17(3,4)5)7-8-14(13)22-15(18)9-11(2)19/h7-10H,6H2,1-5H3/b15-9-. The van der Waals surface area contributed by atoms with E-state index in [-0.39, 0.29) is 11.8 Å². The summed E-state index contributed by atoms with van der Waals surface area (Å²) in [6.07, 6.45) is 1.63. The van der Waals surface area contributed by atoms with E-state index in [2.05, 4.69) is 4.90 Å². The van der Waals surface area contributed by atoms with Gasteiger partial charge in [0.25, 0.3) is 0 Å². The molecular weight excluding hydrogens is 298 g/mol. The molecule has 0 saturated heterocycles. The Bertz CT molecular complexity index is 644. The lowest BCUT2D eigenvalue weighted by atomic mass is 9.97. The van der Waals surface area contributed by atoms with Crippen LogP contribution in [0.25, 0.3) is 0 Å². The van der Waals surface area contributed by atoms with Gasteiger partial charge in [0.05, 0.1) is 16.1 Å². The number of thioether (sulfide) groups is 1. The lowest BCUT2D eigenvalue weighted by Gasteiger charge is -2.19. The Labute approximate surface area is 135 Å². The molecule has 0 N–H and O–H groups in total. The summed E-state index contributed by atoms with van der Waals surface area (Å²) in [7, 11) is 0. The molecule has 22 heavy (non-hydrogen) atoms. The zero-order chi connectivity index (χ0) is 16.5. The first-order chi connectivity index (χ1) is 10.2. The van der Waals surface area contributed by atoms with E-state index >= 15 is 0 Å². The van der Waals surface area contributed by atoms with Gasteiger partial charge < -0.3 is 9.64 Å². The minimum Gasteiger partial charge on any atom is -0.426 e. The van der Waals surface area contributed by atoms with E-state index in [1.54, 1.807) is 30.8 Å². The number of carbonyl (C=O) groups is 2. The second kappa shape index (κ2) is 6.16. The average molecular weight is 319 g/mol. The van der Waals surface area contributed by atoms with Crippen LogP contribution in [0.5, 0.6) is 5.75 Å². The van der Waals surface area contributed by atoms with E-state index in [4.69, 9.17) is 4.74 Å². The monoisotopic (exact) mass is 319 g/mol. The molecule has 5 heteroatoms. The minimum absolute atomic E-state index is 0.0214. The van der Waals surface area contributed by atoms with E-state index < -0.39 is 5.41 Å². The van der Waals surface area contributed by atoms with Crippen LogP contribution in [0.3, 0.4) is 0 Å². The number of fused-ring (bicyclic) bond motifs is 1. The van der Waals surface area contributed by atoms with E-state index in [0.29, 0.717) is 5.75 Å². The fraction of sp³-hybridized carbons (Fsp3) is 0.412. The Morgan fingerprint density at radius 2 is 2.00 bits per heavy atom. The number of hydrogen-bond acceptors (Lipinski definition) is 5. The van der Waals surface area contributed by atoms with Crippen molar-refractivity contribution in [1.29, 1.82) is 0 Å². The Kier molecular flexibility index (Phi) is 4.66. The van der Waals surface area contributed by atoms with Gasteiger partial charge in [-0.25, -0.2) is 0 Å². The van der Waals surface area contributed by atoms with Crippen molar-refractivity contribution < 1.29 is 14.3 Å². The minimum atomic E-state index is -0.544. The van der Waals surface area contributed by atoms with Crippen molar-refractivity contribution >= 4 is 29.2 Å². The molecule has 118 valence electrons. The molecule has 2 rings (SSSR count). The molecule has 4 nitrogen and oxygen atoms in total. The zero-order valence-corrected chi connectivity index (χ0v) is 14.4. The third-order valence-electron chi connectivity index (χ3n) is 3.17. The van der Waals surface area contributed by atoms with Crippen molar-refractivity contribution in [3.63, 3.8) is 0 Å². The number of esters is 1. The Morgan fingerprint density at radius 3 is 2.55 bits per heavy atom. The third kappa shape index (κ3) is 3.53. The topological polar surface area (TPSA) is 46.6 Å². The molecule has 0 spiro atoms. The second-order valence-electron chi connectivity index (χ2n) is 6.21. The highest BCUT2D eigenvalue weighted by Crippen LogP contribution is 2.47. The summed E-state index contributed by atoms with van der Waals surface area (Å²) in [5, 5.41) is 0.907. The summed E-state index contributed by atoms with van der Waals surface area (Å²) >= 11 is 1.56.